The first-order valence-electron chi connectivity index (χ1n) is 13.0. The highest BCUT2D eigenvalue weighted by atomic mass is 19.3. The van der Waals surface area contributed by atoms with Crippen LogP contribution in [-0.2, 0) is 18.4 Å². The lowest BCUT2D eigenvalue weighted by Crippen LogP contribution is -2.55. The van der Waals surface area contributed by atoms with Gasteiger partial charge in [0.15, 0.2) is 5.75 Å². The van der Waals surface area contributed by atoms with Crippen molar-refractivity contribution in [2.45, 2.75) is 26.1 Å². The normalized spacial score (nSPS) is 15.5. The minimum atomic E-state index is -2.99. The summed E-state index contributed by atoms with van der Waals surface area (Å²) < 4.78 is 39.6. The molecule has 1 N–H and O–H groups in total. The second-order valence-electron chi connectivity index (χ2n) is 9.73. The number of aliphatic hydroxyl groups excluding tert-OH is 1. The number of para-hydroxylation sites is 1. The molecule has 0 saturated carbocycles. The predicted octanol–water partition coefficient (Wildman–Crippen LogP) is 2.48. The second kappa shape index (κ2) is 11.5. The summed E-state index contributed by atoms with van der Waals surface area (Å²) in [5, 5.41) is 9.60. The van der Waals surface area contributed by atoms with Crippen molar-refractivity contribution in [2.75, 3.05) is 38.3 Å². The molecule has 13 heteroatoms. The third-order valence-corrected chi connectivity index (χ3v) is 7.30. The Morgan fingerprint density at radius 1 is 1.15 bits per heavy atom. The molecular weight excluding hydrogens is 538 g/mol. The fraction of sp³-hybridized carbons (Fsp3) is 0.357. The Hall–Kier alpha value is -4.52. The Morgan fingerprint density at radius 2 is 1.88 bits per heavy atom. The molecule has 1 saturated heterocycles. The first-order chi connectivity index (χ1) is 19.7. The number of carbonyl (C=O) groups excluding carboxylic acids is 1. The molecule has 1 aliphatic heterocycles. The summed E-state index contributed by atoms with van der Waals surface area (Å²) in [7, 11) is 3.10. The molecule has 2 aromatic heterocycles. The van der Waals surface area contributed by atoms with E-state index in [0.717, 1.165) is 0 Å². The standard InChI is InChI=1S/C28H30F2N6O5/c1-17-14-34(10-11-35(17)23(38)16-37)28-31-12-19(13-32-28)20-8-9-21-24(25(20)40-3)36(33(2)26(21)39)15-18-6-4-5-7-22(18)41-27(29)30/h4-9,12-13,17,27,37H,10-11,14-16H2,1-3H3/t17-/m1/s1. The summed E-state index contributed by atoms with van der Waals surface area (Å²) in [6.07, 6.45) is 3.33. The van der Waals surface area contributed by atoms with Crippen LogP contribution in [0.15, 0.2) is 53.6 Å². The topological polar surface area (TPSA) is 115 Å². The monoisotopic (exact) mass is 568 g/mol. The molecule has 1 aliphatic rings. The van der Waals surface area contributed by atoms with Crippen molar-refractivity contribution in [3.05, 3.63) is 64.7 Å². The van der Waals surface area contributed by atoms with Crippen molar-refractivity contribution < 1.29 is 28.2 Å². The van der Waals surface area contributed by atoms with Crippen molar-refractivity contribution >= 4 is 22.8 Å². The van der Waals surface area contributed by atoms with Crippen LogP contribution in [0.25, 0.3) is 22.0 Å². The van der Waals surface area contributed by atoms with Crippen LogP contribution in [0.1, 0.15) is 12.5 Å². The highest BCUT2D eigenvalue weighted by Crippen LogP contribution is 2.36. The summed E-state index contributed by atoms with van der Waals surface area (Å²) in [6, 6.07) is 9.78. The molecule has 41 heavy (non-hydrogen) atoms. The number of alkyl halides is 2. The number of aromatic nitrogens is 4. The van der Waals surface area contributed by atoms with E-state index in [0.29, 0.717) is 58.9 Å². The number of benzene rings is 2. The maximum absolute atomic E-state index is 13.1. The third kappa shape index (κ3) is 5.32. The van der Waals surface area contributed by atoms with Gasteiger partial charge in [0, 0.05) is 61.8 Å². The van der Waals surface area contributed by atoms with Gasteiger partial charge in [-0.15, -0.1) is 0 Å². The molecule has 0 aliphatic carbocycles. The highest BCUT2D eigenvalue weighted by molar-refractivity contribution is 5.92. The number of hydrogen-bond donors (Lipinski definition) is 1. The zero-order chi connectivity index (χ0) is 29.3. The molecular formula is C28H30F2N6O5. The van der Waals surface area contributed by atoms with Crippen molar-refractivity contribution in [3.8, 4) is 22.6 Å². The number of anilines is 1. The number of aliphatic hydroxyl groups is 1. The van der Waals surface area contributed by atoms with E-state index in [2.05, 4.69) is 9.97 Å². The van der Waals surface area contributed by atoms with E-state index in [4.69, 9.17) is 9.47 Å². The van der Waals surface area contributed by atoms with Gasteiger partial charge < -0.3 is 24.4 Å². The maximum atomic E-state index is 13.1. The number of carbonyl (C=O) groups is 1. The average molecular weight is 569 g/mol. The van der Waals surface area contributed by atoms with Gasteiger partial charge >= 0.3 is 6.61 Å². The fourth-order valence-electron chi connectivity index (χ4n) is 5.28. The third-order valence-electron chi connectivity index (χ3n) is 7.30. The van der Waals surface area contributed by atoms with Gasteiger partial charge in [0.05, 0.1) is 19.0 Å². The summed E-state index contributed by atoms with van der Waals surface area (Å²) in [5.41, 5.74) is 1.99. The van der Waals surface area contributed by atoms with E-state index in [1.807, 2.05) is 11.8 Å². The van der Waals surface area contributed by atoms with Gasteiger partial charge in [-0.3, -0.25) is 19.0 Å². The zero-order valence-electron chi connectivity index (χ0n) is 22.8. The van der Waals surface area contributed by atoms with Crippen molar-refractivity contribution in [2.24, 2.45) is 7.05 Å². The molecule has 1 fully saturated rings. The number of rotatable bonds is 8. The van der Waals surface area contributed by atoms with Crippen molar-refractivity contribution in [1.82, 2.24) is 24.2 Å². The van der Waals surface area contributed by atoms with Crippen LogP contribution >= 0.6 is 0 Å². The summed E-state index contributed by atoms with van der Waals surface area (Å²) in [4.78, 5) is 37.8. The molecule has 0 bridgehead atoms. The average Bonchev–Trinajstić information content (AvgIpc) is 3.21. The highest BCUT2D eigenvalue weighted by Gasteiger charge is 2.28. The number of ether oxygens (including phenoxy) is 2. The number of methoxy groups -OCH3 is 1. The quantitative estimate of drug-likeness (QED) is 0.345. The molecule has 3 heterocycles. The van der Waals surface area contributed by atoms with Gasteiger partial charge in [0.2, 0.25) is 11.9 Å². The minimum absolute atomic E-state index is 0.0202. The SMILES string of the molecule is COc1c(-c2cnc(N3CCN(C(=O)CO)[C@H](C)C3)nc2)ccc2c(=O)n(C)n(Cc3ccccc3OC(F)F)c12. The van der Waals surface area contributed by atoms with E-state index < -0.39 is 13.2 Å². The smallest absolute Gasteiger partial charge is 0.387 e. The van der Waals surface area contributed by atoms with Gasteiger partial charge in [0.25, 0.3) is 5.56 Å². The molecule has 11 nitrogen and oxygen atoms in total. The number of halogens is 2. The van der Waals surface area contributed by atoms with Gasteiger partial charge in [0.1, 0.15) is 17.9 Å². The van der Waals surface area contributed by atoms with E-state index in [1.165, 1.54) is 17.9 Å². The molecule has 1 atom stereocenters. The number of fused-ring (bicyclic) bond motifs is 1. The second-order valence-corrected chi connectivity index (χ2v) is 9.73. The Bertz CT molecular complexity index is 1620. The van der Waals surface area contributed by atoms with Gasteiger partial charge in [-0.05, 0) is 25.1 Å². The van der Waals surface area contributed by atoms with Gasteiger partial charge in [-0.25, -0.2) is 9.97 Å². The van der Waals surface area contributed by atoms with Gasteiger partial charge in [-0.1, -0.05) is 18.2 Å². The first kappa shape index (κ1) is 28.0. The summed E-state index contributed by atoms with van der Waals surface area (Å²) >= 11 is 0. The lowest BCUT2D eigenvalue weighted by molar-refractivity contribution is -0.136. The number of hydrogen-bond acceptors (Lipinski definition) is 8. The molecule has 1 amide bonds. The molecule has 5 rings (SSSR count). The van der Waals surface area contributed by atoms with E-state index in [1.54, 1.807) is 59.4 Å². The first-order valence-corrected chi connectivity index (χ1v) is 13.0. The molecule has 2 aromatic carbocycles. The van der Waals surface area contributed by atoms with Crippen LogP contribution in [0.3, 0.4) is 0 Å². The van der Waals surface area contributed by atoms with Crippen LogP contribution in [0, 0.1) is 0 Å². The lowest BCUT2D eigenvalue weighted by atomic mass is 10.1. The fourth-order valence-corrected chi connectivity index (χ4v) is 5.28. The Kier molecular flexibility index (Phi) is 7.88. The van der Waals surface area contributed by atoms with Crippen LogP contribution in [0.2, 0.25) is 0 Å². The zero-order valence-corrected chi connectivity index (χ0v) is 22.8. The lowest BCUT2D eigenvalue weighted by Gasteiger charge is -2.39. The predicted molar refractivity (Wildman–Crippen MR) is 147 cm³/mol. The number of nitrogens with zero attached hydrogens (tertiary/aromatic N) is 6. The minimum Gasteiger partial charge on any atom is -0.494 e. The van der Waals surface area contributed by atoms with Crippen LogP contribution in [0.5, 0.6) is 11.5 Å². The Morgan fingerprint density at radius 3 is 2.54 bits per heavy atom. The van der Waals surface area contributed by atoms with Crippen molar-refractivity contribution in [3.63, 3.8) is 0 Å². The van der Waals surface area contributed by atoms with Crippen LogP contribution in [0.4, 0.5) is 14.7 Å². The summed E-state index contributed by atoms with van der Waals surface area (Å²) in [6.45, 7) is -0.0201. The van der Waals surface area contributed by atoms with E-state index in [9.17, 15) is 23.5 Å². The molecule has 4 aromatic rings. The largest absolute Gasteiger partial charge is 0.494 e. The maximum Gasteiger partial charge on any atom is 0.387 e. The van der Waals surface area contributed by atoms with Crippen LogP contribution in [-0.4, -0.2) is 81.2 Å². The molecule has 0 spiro atoms. The summed E-state index contributed by atoms with van der Waals surface area (Å²) in [5.74, 6) is 0.629. The number of piperazine rings is 1. The van der Waals surface area contributed by atoms with E-state index in [-0.39, 0.29) is 29.8 Å². The van der Waals surface area contributed by atoms with Crippen LogP contribution < -0.4 is 19.9 Å². The Balaban J connectivity index is 1.49. The molecule has 216 valence electrons. The Labute approximate surface area is 234 Å². The van der Waals surface area contributed by atoms with Crippen molar-refractivity contribution in [1.29, 1.82) is 0 Å². The molecule has 0 unspecified atom stereocenters. The van der Waals surface area contributed by atoms with E-state index >= 15 is 0 Å². The van der Waals surface area contributed by atoms with Gasteiger partial charge in [-0.2, -0.15) is 8.78 Å². The number of amides is 1. The molecule has 0 radical (unpaired) electrons.